The predicted molar refractivity (Wildman–Crippen MR) is 62.8 cm³/mol. The van der Waals surface area contributed by atoms with Crippen LogP contribution in [-0.2, 0) is 0 Å². The van der Waals surface area contributed by atoms with Crippen molar-refractivity contribution in [3.8, 4) is 0 Å². The summed E-state index contributed by atoms with van der Waals surface area (Å²) in [5.74, 6) is 4.57. The van der Waals surface area contributed by atoms with E-state index in [1.54, 1.807) is 18.2 Å². The fraction of sp³-hybridized carbons (Fsp3) is 0. The summed E-state index contributed by atoms with van der Waals surface area (Å²) >= 11 is 5.82. The molecule has 6 heteroatoms. The minimum absolute atomic E-state index is 0.248. The highest BCUT2D eigenvalue weighted by Gasteiger charge is 2.11. The van der Waals surface area contributed by atoms with Crippen LogP contribution in [0, 0.1) is 0 Å². The van der Waals surface area contributed by atoms with Gasteiger partial charge in [-0.2, -0.15) is 0 Å². The Morgan fingerprint density at radius 3 is 2.88 bits per heavy atom. The van der Waals surface area contributed by atoms with Gasteiger partial charge in [-0.05, 0) is 18.2 Å². The summed E-state index contributed by atoms with van der Waals surface area (Å²) in [5, 5.41) is 1.24. The van der Waals surface area contributed by atoms with E-state index in [0.717, 1.165) is 0 Å². The Kier molecular flexibility index (Phi) is 2.64. The number of rotatable bonds is 1. The minimum Gasteiger partial charge on any atom is -0.397 e. The fourth-order valence-corrected chi connectivity index (χ4v) is 1.61. The third-order valence-electron chi connectivity index (χ3n) is 2.25. The Morgan fingerprint density at radius 2 is 2.19 bits per heavy atom. The van der Waals surface area contributed by atoms with E-state index >= 15 is 0 Å². The molecular formula is C10H9ClN4O. The lowest BCUT2D eigenvalue weighted by molar-refractivity contribution is 0.0954. The van der Waals surface area contributed by atoms with Gasteiger partial charge in [-0.15, -0.1) is 0 Å². The molecule has 1 aromatic carbocycles. The van der Waals surface area contributed by atoms with Gasteiger partial charge < -0.3 is 5.73 Å². The molecule has 0 aliphatic heterocycles. The van der Waals surface area contributed by atoms with Gasteiger partial charge in [0.1, 0.15) is 0 Å². The maximum atomic E-state index is 11.4. The number of carbonyl (C=O) groups excluding carboxylic acids is 1. The number of halogens is 1. The van der Waals surface area contributed by atoms with Gasteiger partial charge in [0, 0.05) is 16.6 Å². The lowest BCUT2D eigenvalue weighted by atomic mass is 10.1. The second-order valence-electron chi connectivity index (χ2n) is 3.22. The molecule has 2 rings (SSSR count). The van der Waals surface area contributed by atoms with Gasteiger partial charge in [0.15, 0.2) is 0 Å². The van der Waals surface area contributed by atoms with Crippen molar-refractivity contribution in [2.24, 2.45) is 5.84 Å². The quantitative estimate of drug-likeness (QED) is 0.392. The molecule has 0 radical (unpaired) electrons. The maximum absolute atomic E-state index is 11.4. The first-order valence-corrected chi connectivity index (χ1v) is 4.86. The number of carbonyl (C=O) groups is 1. The molecule has 1 aromatic heterocycles. The monoisotopic (exact) mass is 236 g/mol. The molecule has 2 aromatic rings. The normalized spacial score (nSPS) is 10.4. The second kappa shape index (κ2) is 3.96. The number of hydrogen-bond donors (Lipinski definition) is 3. The molecule has 5 N–H and O–H groups in total. The molecule has 1 heterocycles. The van der Waals surface area contributed by atoms with Crippen LogP contribution in [0.3, 0.4) is 0 Å². The lowest BCUT2D eigenvalue weighted by Gasteiger charge is -2.07. The fourth-order valence-electron chi connectivity index (χ4n) is 1.45. The number of anilines is 1. The summed E-state index contributed by atoms with van der Waals surface area (Å²) < 4.78 is 0. The van der Waals surface area contributed by atoms with Crippen molar-refractivity contribution in [3.05, 3.63) is 35.0 Å². The lowest BCUT2D eigenvalue weighted by Crippen LogP contribution is -2.30. The average Bonchev–Trinajstić information content (AvgIpc) is 2.28. The number of hydrogen-bond acceptors (Lipinski definition) is 4. The Labute approximate surface area is 96.4 Å². The van der Waals surface area contributed by atoms with Crippen LogP contribution in [0.1, 0.15) is 10.4 Å². The van der Waals surface area contributed by atoms with Crippen molar-refractivity contribution in [2.45, 2.75) is 0 Å². The number of nitrogens with two attached hydrogens (primary N) is 2. The molecule has 0 saturated heterocycles. The van der Waals surface area contributed by atoms with E-state index in [1.807, 2.05) is 5.43 Å². The molecule has 16 heavy (non-hydrogen) atoms. The van der Waals surface area contributed by atoms with Crippen molar-refractivity contribution in [3.63, 3.8) is 0 Å². The van der Waals surface area contributed by atoms with Crippen LogP contribution >= 0.6 is 11.6 Å². The average molecular weight is 237 g/mol. The first-order chi connectivity index (χ1) is 7.63. The zero-order valence-electron chi connectivity index (χ0n) is 8.20. The predicted octanol–water partition coefficient (Wildman–Crippen LogP) is 1.07. The molecule has 0 aliphatic rings. The molecule has 0 unspecified atom stereocenters. The first kappa shape index (κ1) is 10.7. The Bertz CT molecular complexity index is 570. The highest BCUT2D eigenvalue weighted by molar-refractivity contribution is 6.31. The smallest absolute Gasteiger partial charge is 0.268 e. The van der Waals surface area contributed by atoms with E-state index < -0.39 is 5.91 Å². The minimum atomic E-state index is -0.471. The molecule has 1 amide bonds. The summed E-state index contributed by atoms with van der Waals surface area (Å²) in [6.45, 7) is 0. The third-order valence-corrected chi connectivity index (χ3v) is 2.48. The standard InChI is InChI=1S/C10H9ClN4O/c11-5-1-2-6-8(3-5)14-4-7(9(6)12)10(16)15-13/h1-4H,13H2,(H2,12,14)(H,15,16). The SMILES string of the molecule is NNC(=O)c1cnc2cc(Cl)ccc2c1N. The molecule has 0 spiro atoms. The topological polar surface area (TPSA) is 94.0 Å². The van der Waals surface area contributed by atoms with Crippen molar-refractivity contribution in [1.82, 2.24) is 10.4 Å². The Morgan fingerprint density at radius 1 is 1.44 bits per heavy atom. The molecule has 0 fully saturated rings. The summed E-state index contributed by atoms with van der Waals surface area (Å²) in [4.78, 5) is 15.5. The third kappa shape index (κ3) is 1.66. The first-order valence-electron chi connectivity index (χ1n) is 4.48. The van der Waals surface area contributed by atoms with Crippen molar-refractivity contribution in [1.29, 1.82) is 0 Å². The highest BCUT2D eigenvalue weighted by atomic mass is 35.5. The van der Waals surface area contributed by atoms with Gasteiger partial charge in [-0.3, -0.25) is 15.2 Å². The van der Waals surface area contributed by atoms with E-state index in [9.17, 15) is 4.79 Å². The summed E-state index contributed by atoms with van der Waals surface area (Å²) in [6.07, 6.45) is 1.37. The van der Waals surface area contributed by atoms with E-state index in [1.165, 1.54) is 6.20 Å². The number of nitrogen functional groups attached to an aromatic ring is 2. The molecule has 0 atom stereocenters. The van der Waals surface area contributed by atoms with E-state index in [-0.39, 0.29) is 5.56 Å². The van der Waals surface area contributed by atoms with Crippen molar-refractivity contribution < 1.29 is 4.79 Å². The zero-order chi connectivity index (χ0) is 11.7. The van der Waals surface area contributed by atoms with Crippen LogP contribution in [-0.4, -0.2) is 10.9 Å². The molecule has 5 nitrogen and oxygen atoms in total. The van der Waals surface area contributed by atoms with Crippen LogP contribution in [0.15, 0.2) is 24.4 Å². The van der Waals surface area contributed by atoms with Gasteiger partial charge >= 0.3 is 0 Å². The van der Waals surface area contributed by atoms with E-state index in [2.05, 4.69) is 4.98 Å². The van der Waals surface area contributed by atoms with Gasteiger partial charge in [-0.25, -0.2) is 5.84 Å². The number of hydrazine groups is 1. The van der Waals surface area contributed by atoms with Gasteiger partial charge in [0.05, 0.1) is 16.8 Å². The number of fused-ring (bicyclic) bond motifs is 1. The van der Waals surface area contributed by atoms with Crippen LogP contribution in [0.2, 0.25) is 5.02 Å². The molecule has 0 aliphatic carbocycles. The number of benzene rings is 1. The molecule has 0 bridgehead atoms. The van der Waals surface area contributed by atoms with Gasteiger partial charge in [0.25, 0.3) is 5.91 Å². The Hall–Kier alpha value is -1.85. The van der Waals surface area contributed by atoms with Gasteiger partial charge in [0.2, 0.25) is 0 Å². The largest absolute Gasteiger partial charge is 0.397 e. The number of amides is 1. The zero-order valence-corrected chi connectivity index (χ0v) is 8.95. The summed E-state index contributed by atoms with van der Waals surface area (Å²) in [7, 11) is 0. The second-order valence-corrected chi connectivity index (χ2v) is 3.66. The summed E-state index contributed by atoms with van der Waals surface area (Å²) in [5.41, 5.74) is 9.08. The maximum Gasteiger partial charge on any atom is 0.268 e. The molecule has 0 saturated carbocycles. The number of nitrogens with zero attached hydrogens (tertiary/aromatic N) is 1. The van der Waals surface area contributed by atoms with Crippen LogP contribution in [0.5, 0.6) is 0 Å². The number of pyridine rings is 1. The highest BCUT2D eigenvalue weighted by Crippen LogP contribution is 2.25. The van der Waals surface area contributed by atoms with Crippen molar-refractivity contribution >= 4 is 34.1 Å². The molecular weight excluding hydrogens is 228 g/mol. The van der Waals surface area contributed by atoms with Crippen LogP contribution < -0.4 is 17.0 Å². The number of aromatic nitrogens is 1. The van der Waals surface area contributed by atoms with Crippen molar-refractivity contribution in [2.75, 3.05) is 5.73 Å². The number of nitrogens with one attached hydrogen (secondary N) is 1. The van der Waals surface area contributed by atoms with E-state index in [0.29, 0.717) is 21.6 Å². The van der Waals surface area contributed by atoms with E-state index in [4.69, 9.17) is 23.2 Å². The summed E-state index contributed by atoms with van der Waals surface area (Å²) in [6, 6.07) is 5.08. The Balaban J connectivity index is 2.70. The van der Waals surface area contributed by atoms with Gasteiger partial charge in [-0.1, -0.05) is 11.6 Å². The van der Waals surface area contributed by atoms with Crippen LogP contribution in [0.4, 0.5) is 5.69 Å². The van der Waals surface area contributed by atoms with Crippen LogP contribution in [0.25, 0.3) is 10.9 Å². The molecule has 82 valence electrons.